The maximum absolute atomic E-state index is 13.7. The predicted molar refractivity (Wildman–Crippen MR) is 149 cm³/mol. The van der Waals surface area contributed by atoms with E-state index in [1.54, 1.807) is 17.5 Å². The average molecular weight is 597 g/mol. The van der Waals surface area contributed by atoms with Gasteiger partial charge in [0.1, 0.15) is 17.2 Å². The van der Waals surface area contributed by atoms with Crippen LogP contribution in [0.25, 0.3) is 0 Å². The fourth-order valence-electron chi connectivity index (χ4n) is 4.78. The van der Waals surface area contributed by atoms with Crippen molar-refractivity contribution in [3.8, 4) is 5.75 Å². The van der Waals surface area contributed by atoms with Crippen molar-refractivity contribution in [3.05, 3.63) is 97.7 Å². The van der Waals surface area contributed by atoms with Gasteiger partial charge in [-0.3, -0.25) is 19.2 Å². The number of benzene rings is 2. The SMILES string of the molecule is CC1=CC[C@@H]2C(=O)N(N(CC(=O)c3ccc(OC(=O)c4cccs4)cc3)C(=O)c3ccc(Cl)cc3Cl)C(=O)[C@H]2C1. The van der Waals surface area contributed by atoms with Crippen molar-refractivity contribution in [3.63, 3.8) is 0 Å². The van der Waals surface area contributed by atoms with E-state index in [1.807, 2.05) is 13.0 Å². The summed E-state index contributed by atoms with van der Waals surface area (Å²) in [4.78, 5) is 66.6. The summed E-state index contributed by atoms with van der Waals surface area (Å²) in [5.41, 5.74) is 1.16. The molecule has 40 heavy (non-hydrogen) atoms. The normalized spacial score (nSPS) is 18.3. The number of hydrazine groups is 1. The van der Waals surface area contributed by atoms with E-state index < -0.39 is 47.9 Å². The van der Waals surface area contributed by atoms with E-state index in [-0.39, 0.29) is 21.9 Å². The monoisotopic (exact) mass is 596 g/mol. The van der Waals surface area contributed by atoms with Crippen molar-refractivity contribution in [1.29, 1.82) is 0 Å². The van der Waals surface area contributed by atoms with Gasteiger partial charge in [-0.2, -0.15) is 5.01 Å². The van der Waals surface area contributed by atoms with Gasteiger partial charge in [-0.25, -0.2) is 9.80 Å². The summed E-state index contributed by atoms with van der Waals surface area (Å²) in [6, 6.07) is 13.4. The topological polar surface area (TPSA) is 101 Å². The molecule has 2 heterocycles. The molecule has 3 amide bonds. The van der Waals surface area contributed by atoms with Gasteiger partial charge in [0.05, 0.1) is 22.4 Å². The summed E-state index contributed by atoms with van der Waals surface area (Å²) < 4.78 is 5.33. The number of nitrogens with zero attached hydrogens (tertiary/aromatic N) is 2. The Morgan fingerprint density at radius 3 is 2.42 bits per heavy atom. The van der Waals surface area contributed by atoms with Gasteiger partial charge in [0.25, 0.3) is 17.7 Å². The molecular formula is C29H22Cl2N2O6S. The highest BCUT2D eigenvalue weighted by atomic mass is 35.5. The van der Waals surface area contributed by atoms with Gasteiger partial charge in [0.2, 0.25) is 0 Å². The molecule has 0 saturated carbocycles. The summed E-state index contributed by atoms with van der Waals surface area (Å²) in [7, 11) is 0. The first-order chi connectivity index (χ1) is 19.1. The van der Waals surface area contributed by atoms with Crippen molar-refractivity contribution >= 4 is 64.0 Å². The molecule has 1 aliphatic heterocycles. The zero-order valence-electron chi connectivity index (χ0n) is 21.1. The largest absolute Gasteiger partial charge is 0.422 e. The Morgan fingerprint density at radius 2 is 1.75 bits per heavy atom. The van der Waals surface area contributed by atoms with E-state index in [4.69, 9.17) is 27.9 Å². The number of fused-ring (bicyclic) bond motifs is 1. The van der Waals surface area contributed by atoms with E-state index in [0.717, 1.165) is 15.6 Å². The highest BCUT2D eigenvalue weighted by molar-refractivity contribution is 7.12. The van der Waals surface area contributed by atoms with Crippen molar-refractivity contribution in [2.45, 2.75) is 19.8 Å². The van der Waals surface area contributed by atoms with Gasteiger partial charge in [-0.15, -0.1) is 11.3 Å². The van der Waals surface area contributed by atoms with Crippen molar-refractivity contribution in [2.24, 2.45) is 11.8 Å². The van der Waals surface area contributed by atoms with Crippen LogP contribution in [0, 0.1) is 11.8 Å². The highest BCUT2D eigenvalue weighted by Crippen LogP contribution is 2.39. The smallest absolute Gasteiger partial charge is 0.353 e. The number of hydrogen-bond acceptors (Lipinski definition) is 7. The number of carbonyl (C=O) groups is 5. The Bertz CT molecular complexity index is 1550. The molecule has 5 rings (SSSR count). The summed E-state index contributed by atoms with van der Waals surface area (Å²) in [6.45, 7) is 1.29. The molecule has 0 radical (unpaired) electrons. The van der Waals surface area contributed by atoms with E-state index in [2.05, 4.69) is 0 Å². The van der Waals surface area contributed by atoms with Crippen molar-refractivity contribution < 1.29 is 28.7 Å². The fraction of sp³-hybridized carbons (Fsp3) is 0.207. The Balaban J connectivity index is 1.41. The van der Waals surface area contributed by atoms with Crippen molar-refractivity contribution in [2.75, 3.05) is 6.54 Å². The first-order valence-electron chi connectivity index (χ1n) is 12.3. The number of ether oxygens (including phenoxy) is 1. The van der Waals surface area contributed by atoms with Crippen LogP contribution in [0.2, 0.25) is 10.0 Å². The Kier molecular flexibility index (Phi) is 7.89. The van der Waals surface area contributed by atoms with Crippen LogP contribution in [0.5, 0.6) is 5.75 Å². The molecule has 2 atom stereocenters. The second kappa shape index (κ2) is 11.4. The third-order valence-corrected chi connectivity index (χ3v) is 8.24. The van der Waals surface area contributed by atoms with Gasteiger partial charge >= 0.3 is 5.97 Å². The lowest BCUT2D eigenvalue weighted by atomic mass is 9.82. The van der Waals surface area contributed by atoms with Crippen LogP contribution in [-0.4, -0.2) is 46.0 Å². The molecule has 8 nitrogen and oxygen atoms in total. The van der Waals surface area contributed by atoms with Gasteiger partial charge in [-0.05, 0) is 73.7 Å². The maximum atomic E-state index is 13.7. The van der Waals surface area contributed by atoms with Crippen molar-refractivity contribution in [1.82, 2.24) is 10.0 Å². The summed E-state index contributed by atoms with van der Waals surface area (Å²) >= 11 is 13.5. The summed E-state index contributed by atoms with van der Waals surface area (Å²) in [5, 5.41) is 3.72. The summed E-state index contributed by atoms with van der Waals surface area (Å²) in [6.07, 6.45) is 2.69. The van der Waals surface area contributed by atoms with Crippen LogP contribution in [0.4, 0.5) is 0 Å². The standard InChI is InChI=1S/C29H22Cl2N2O6S/c1-16-4-10-20-22(13-16)28(37)33(27(20)36)32(26(35)21-11-7-18(30)14-23(21)31)15-24(34)17-5-8-19(9-6-17)39-29(38)25-3-2-12-40-25/h2-9,11-12,14,20,22H,10,13,15H2,1H3/t20-,22-/m0/s1. The molecule has 3 aromatic rings. The maximum Gasteiger partial charge on any atom is 0.353 e. The molecule has 1 aliphatic carbocycles. The summed E-state index contributed by atoms with van der Waals surface area (Å²) in [5.74, 6) is -3.93. The average Bonchev–Trinajstić information content (AvgIpc) is 3.55. The van der Waals surface area contributed by atoms with E-state index in [1.165, 1.54) is 53.8 Å². The zero-order valence-corrected chi connectivity index (χ0v) is 23.5. The lowest BCUT2D eigenvalue weighted by Gasteiger charge is -2.30. The number of esters is 1. The zero-order chi connectivity index (χ0) is 28.6. The Morgan fingerprint density at radius 1 is 1.02 bits per heavy atom. The number of allylic oxidation sites excluding steroid dienone is 2. The molecule has 11 heteroatoms. The molecule has 1 saturated heterocycles. The third-order valence-electron chi connectivity index (χ3n) is 6.84. The minimum atomic E-state index is -0.790. The molecule has 204 valence electrons. The first kappa shape index (κ1) is 27.8. The molecule has 0 unspecified atom stereocenters. The number of rotatable bonds is 7. The minimum absolute atomic E-state index is 0.0144. The molecule has 1 fully saturated rings. The molecule has 0 bridgehead atoms. The molecular weight excluding hydrogens is 575 g/mol. The molecule has 1 aromatic heterocycles. The minimum Gasteiger partial charge on any atom is -0.422 e. The molecule has 0 N–H and O–H groups in total. The van der Waals surface area contributed by atoms with Gasteiger partial charge in [0.15, 0.2) is 5.78 Å². The second-order valence-electron chi connectivity index (χ2n) is 9.49. The van der Waals surface area contributed by atoms with E-state index in [9.17, 15) is 24.0 Å². The number of imide groups is 1. The predicted octanol–water partition coefficient (Wildman–Crippen LogP) is 5.86. The number of amides is 3. The molecule has 2 aromatic carbocycles. The van der Waals surface area contributed by atoms with Crippen LogP contribution in [0.15, 0.2) is 71.6 Å². The molecule has 2 aliphatic rings. The Hall–Kier alpha value is -3.79. The number of halogens is 2. The van der Waals surface area contributed by atoms with Crippen LogP contribution >= 0.6 is 34.5 Å². The van der Waals surface area contributed by atoms with Crippen LogP contribution < -0.4 is 4.74 Å². The van der Waals surface area contributed by atoms with Gasteiger partial charge in [-0.1, -0.05) is 40.9 Å². The second-order valence-corrected chi connectivity index (χ2v) is 11.3. The lowest BCUT2D eigenvalue weighted by molar-refractivity contribution is -0.154. The number of ketones is 1. The Labute approximate surface area is 243 Å². The number of hydrogen-bond donors (Lipinski definition) is 0. The number of thiophene rings is 1. The van der Waals surface area contributed by atoms with Crippen LogP contribution in [0.1, 0.15) is 50.2 Å². The van der Waals surface area contributed by atoms with Crippen LogP contribution in [0.3, 0.4) is 0 Å². The number of carbonyl (C=O) groups excluding carboxylic acids is 5. The fourth-order valence-corrected chi connectivity index (χ4v) is 5.87. The van der Waals surface area contributed by atoms with E-state index in [0.29, 0.717) is 22.7 Å². The molecule has 0 spiro atoms. The lowest BCUT2D eigenvalue weighted by Crippen LogP contribution is -2.52. The van der Waals surface area contributed by atoms with Gasteiger partial charge in [0, 0.05) is 10.6 Å². The third kappa shape index (κ3) is 5.45. The van der Waals surface area contributed by atoms with E-state index >= 15 is 0 Å². The quantitative estimate of drug-likeness (QED) is 0.111. The first-order valence-corrected chi connectivity index (χ1v) is 14.0. The van der Waals surface area contributed by atoms with Crippen LogP contribution in [-0.2, 0) is 9.59 Å². The van der Waals surface area contributed by atoms with Gasteiger partial charge < -0.3 is 4.74 Å². The highest BCUT2D eigenvalue weighted by Gasteiger charge is 2.52. The number of Topliss-reactive ketones (excluding diaryl/α,β-unsaturated/α-hetero) is 1.